The standard InChI is InChI=1S/C10H14O/c1-4-5-6-10(11)8-7-9(2)3/h4,10-11H,1-2,5-6H2,3H3/t10-/m1/s1. The molecule has 0 rings (SSSR count). The summed E-state index contributed by atoms with van der Waals surface area (Å²) in [5.74, 6) is 5.40. The third kappa shape index (κ3) is 6.89. The van der Waals surface area contributed by atoms with Crippen molar-refractivity contribution in [1.82, 2.24) is 0 Å². The Morgan fingerprint density at radius 1 is 1.73 bits per heavy atom. The van der Waals surface area contributed by atoms with Crippen LogP contribution in [0.25, 0.3) is 0 Å². The van der Waals surface area contributed by atoms with Crippen molar-refractivity contribution >= 4 is 0 Å². The molecule has 60 valence electrons. The summed E-state index contributed by atoms with van der Waals surface area (Å²) in [5.41, 5.74) is 0.780. The van der Waals surface area contributed by atoms with E-state index in [9.17, 15) is 0 Å². The lowest BCUT2D eigenvalue weighted by atomic mass is 10.2. The molecular weight excluding hydrogens is 136 g/mol. The molecule has 1 nitrogen and oxygen atoms in total. The Bertz CT molecular complexity index is 193. The SMILES string of the molecule is C=CCC[C@@H](O)C#CC(=C)C. The van der Waals surface area contributed by atoms with Gasteiger partial charge in [-0.1, -0.05) is 24.5 Å². The predicted molar refractivity (Wildman–Crippen MR) is 48.0 cm³/mol. The molecule has 0 aliphatic rings. The van der Waals surface area contributed by atoms with Crippen molar-refractivity contribution in [2.45, 2.75) is 25.9 Å². The molecule has 0 unspecified atom stereocenters. The Hall–Kier alpha value is -1.00. The van der Waals surface area contributed by atoms with E-state index in [1.807, 2.05) is 6.92 Å². The van der Waals surface area contributed by atoms with Crippen molar-refractivity contribution < 1.29 is 5.11 Å². The molecule has 0 amide bonds. The molecule has 0 spiro atoms. The molecule has 0 heterocycles. The molecular formula is C10H14O. The topological polar surface area (TPSA) is 20.2 Å². The van der Waals surface area contributed by atoms with Crippen molar-refractivity contribution in [3.63, 3.8) is 0 Å². The number of aliphatic hydroxyl groups excluding tert-OH is 1. The third-order valence-electron chi connectivity index (χ3n) is 1.10. The maximum absolute atomic E-state index is 9.17. The summed E-state index contributed by atoms with van der Waals surface area (Å²) in [6, 6.07) is 0. The second-order valence-electron chi connectivity index (χ2n) is 2.43. The summed E-state index contributed by atoms with van der Waals surface area (Å²) >= 11 is 0. The van der Waals surface area contributed by atoms with Gasteiger partial charge in [-0.05, 0) is 25.3 Å². The van der Waals surface area contributed by atoms with Crippen LogP contribution < -0.4 is 0 Å². The summed E-state index contributed by atoms with van der Waals surface area (Å²) in [5, 5.41) is 9.17. The minimum atomic E-state index is -0.537. The molecule has 0 fully saturated rings. The fourth-order valence-corrected chi connectivity index (χ4v) is 0.554. The first-order valence-electron chi connectivity index (χ1n) is 3.63. The van der Waals surface area contributed by atoms with Gasteiger partial charge < -0.3 is 5.11 Å². The molecule has 0 aromatic carbocycles. The van der Waals surface area contributed by atoms with Gasteiger partial charge in [-0.2, -0.15) is 0 Å². The quantitative estimate of drug-likeness (QED) is 0.481. The fraction of sp³-hybridized carbons (Fsp3) is 0.400. The van der Waals surface area contributed by atoms with Gasteiger partial charge in [0.1, 0.15) is 6.10 Å². The minimum absolute atomic E-state index is 0.537. The zero-order chi connectivity index (χ0) is 8.69. The molecule has 11 heavy (non-hydrogen) atoms. The lowest BCUT2D eigenvalue weighted by molar-refractivity contribution is 0.223. The number of allylic oxidation sites excluding steroid dienone is 2. The molecule has 0 aromatic rings. The second kappa shape index (κ2) is 5.76. The third-order valence-corrected chi connectivity index (χ3v) is 1.10. The fourth-order valence-electron chi connectivity index (χ4n) is 0.554. The highest BCUT2D eigenvalue weighted by atomic mass is 16.3. The maximum Gasteiger partial charge on any atom is 0.115 e. The van der Waals surface area contributed by atoms with Crippen LogP contribution in [-0.4, -0.2) is 11.2 Å². The highest BCUT2D eigenvalue weighted by Crippen LogP contribution is 1.95. The van der Waals surface area contributed by atoms with Gasteiger partial charge in [0, 0.05) is 0 Å². The van der Waals surface area contributed by atoms with Crippen molar-refractivity contribution in [1.29, 1.82) is 0 Å². The highest BCUT2D eigenvalue weighted by Gasteiger charge is 1.94. The van der Waals surface area contributed by atoms with Gasteiger partial charge in [-0.15, -0.1) is 6.58 Å². The Kier molecular flexibility index (Phi) is 5.24. The lowest BCUT2D eigenvalue weighted by Crippen LogP contribution is -2.01. The van der Waals surface area contributed by atoms with E-state index in [1.165, 1.54) is 0 Å². The highest BCUT2D eigenvalue weighted by molar-refractivity contribution is 5.24. The van der Waals surface area contributed by atoms with Crippen LogP contribution >= 0.6 is 0 Å². The smallest absolute Gasteiger partial charge is 0.115 e. The molecule has 0 aliphatic heterocycles. The summed E-state index contributed by atoms with van der Waals surface area (Å²) < 4.78 is 0. The molecule has 0 saturated carbocycles. The van der Waals surface area contributed by atoms with Crippen molar-refractivity contribution in [2.75, 3.05) is 0 Å². The van der Waals surface area contributed by atoms with Crippen LogP contribution in [0.5, 0.6) is 0 Å². The summed E-state index contributed by atoms with van der Waals surface area (Å²) in [7, 11) is 0. The Balaban J connectivity index is 3.69. The largest absolute Gasteiger partial charge is 0.380 e. The van der Waals surface area contributed by atoms with E-state index in [1.54, 1.807) is 6.08 Å². The minimum Gasteiger partial charge on any atom is -0.380 e. The van der Waals surface area contributed by atoms with Crippen LogP contribution in [0, 0.1) is 11.8 Å². The van der Waals surface area contributed by atoms with E-state index in [-0.39, 0.29) is 0 Å². The van der Waals surface area contributed by atoms with Crippen LogP contribution in [0.3, 0.4) is 0 Å². The van der Waals surface area contributed by atoms with Gasteiger partial charge >= 0.3 is 0 Å². The summed E-state index contributed by atoms with van der Waals surface area (Å²) in [6.07, 6.45) is 2.69. The first kappa shape index (κ1) is 10.0. The molecule has 1 atom stereocenters. The molecule has 1 N–H and O–H groups in total. The number of aliphatic hydroxyl groups is 1. The molecule has 0 bridgehead atoms. The number of hydrogen-bond donors (Lipinski definition) is 1. The second-order valence-corrected chi connectivity index (χ2v) is 2.43. The van der Waals surface area contributed by atoms with Gasteiger partial charge in [0.2, 0.25) is 0 Å². The molecule has 0 aliphatic carbocycles. The molecule has 1 heteroatoms. The molecule has 0 aromatic heterocycles. The van der Waals surface area contributed by atoms with Crippen LogP contribution in [0.4, 0.5) is 0 Å². The van der Waals surface area contributed by atoms with Gasteiger partial charge in [0.15, 0.2) is 0 Å². The molecule has 0 radical (unpaired) electrons. The van der Waals surface area contributed by atoms with E-state index in [0.29, 0.717) is 6.42 Å². The van der Waals surface area contributed by atoms with E-state index < -0.39 is 6.10 Å². The first-order chi connectivity index (χ1) is 5.16. The predicted octanol–water partition coefficient (Wildman–Crippen LogP) is 1.89. The van der Waals surface area contributed by atoms with E-state index in [0.717, 1.165) is 12.0 Å². The van der Waals surface area contributed by atoms with Crippen LogP contribution in [0.2, 0.25) is 0 Å². The number of rotatable bonds is 3. The van der Waals surface area contributed by atoms with Crippen molar-refractivity contribution in [2.24, 2.45) is 0 Å². The van der Waals surface area contributed by atoms with Crippen molar-refractivity contribution in [3.8, 4) is 11.8 Å². The normalized spacial score (nSPS) is 11.1. The zero-order valence-corrected chi connectivity index (χ0v) is 6.93. The average Bonchev–Trinajstić information content (AvgIpc) is 1.97. The average molecular weight is 150 g/mol. The monoisotopic (exact) mass is 150 g/mol. The van der Waals surface area contributed by atoms with E-state index in [2.05, 4.69) is 25.0 Å². The summed E-state index contributed by atoms with van der Waals surface area (Å²) in [4.78, 5) is 0. The zero-order valence-electron chi connectivity index (χ0n) is 6.93. The van der Waals surface area contributed by atoms with Crippen molar-refractivity contribution in [3.05, 3.63) is 24.8 Å². The lowest BCUT2D eigenvalue weighted by Gasteiger charge is -1.97. The Labute approximate surface area is 68.4 Å². The molecule has 0 saturated heterocycles. The summed E-state index contributed by atoms with van der Waals surface area (Å²) in [6.45, 7) is 8.97. The van der Waals surface area contributed by atoms with Gasteiger partial charge in [-0.25, -0.2) is 0 Å². The van der Waals surface area contributed by atoms with Crippen LogP contribution in [0.1, 0.15) is 19.8 Å². The Morgan fingerprint density at radius 3 is 2.82 bits per heavy atom. The van der Waals surface area contributed by atoms with Gasteiger partial charge in [0.05, 0.1) is 0 Å². The number of hydrogen-bond acceptors (Lipinski definition) is 1. The van der Waals surface area contributed by atoms with Crippen LogP contribution in [-0.2, 0) is 0 Å². The maximum atomic E-state index is 9.17. The van der Waals surface area contributed by atoms with E-state index >= 15 is 0 Å². The van der Waals surface area contributed by atoms with E-state index in [4.69, 9.17) is 5.11 Å². The Morgan fingerprint density at radius 2 is 2.36 bits per heavy atom. The first-order valence-corrected chi connectivity index (χ1v) is 3.63. The van der Waals surface area contributed by atoms with Crippen LogP contribution in [0.15, 0.2) is 24.8 Å². The van der Waals surface area contributed by atoms with Gasteiger partial charge in [0.25, 0.3) is 0 Å². The van der Waals surface area contributed by atoms with Gasteiger partial charge in [-0.3, -0.25) is 0 Å².